The van der Waals surface area contributed by atoms with E-state index < -0.39 is 17.5 Å². The summed E-state index contributed by atoms with van der Waals surface area (Å²) in [6.45, 7) is 10.8. The van der Waals surface area contributed by atoms with Crippen LogP contribution in [0.5, 0.6) is 0 Å². The number of aryl methyl sites for hydroxylation is 1. The lowest BCUT2D eigenvalue weighted by atomic mass is 9.90. The number of hydrogen-bond acceptors (Lipinski definition) is 4. The first-order valence-corrected chi connectivity index (χ1v) is 11.0. The third kappa shape index (κ3) is 4.41. The van der Waals surface area contributed by atoms with Crippen LogP contribution >= 0.6 is 0 Å². The molecular weight excluding hydrogens is 419 g/mol. The number of aliphatic hydroxyl groups is 1. The fourth-order valence-corrected chi connectivity index (χ4v) is 4.62. The van der Waals surface area contributed by atoms with E-state index in [9.17, 15) is 18.3 Å². The Morgan fingerprint density at radius 2 is 1.88 bits per heavy atom. The van der Waals surface area contributed by atoms with Crippen LogP contribution in [0.4, 0.5) is 13.2 Å². The predicted molar refractivity (Wildman–Crippen MR) is 115 cm³/mol. The molecule has 1 fully saturated rings. The molecule has 4 heterocycles. The number of nitrogens with zero attached hydrogens (tertiary/aromatic N) is 5. The molecule has 6 nitrogen and oxygen atoms in total. The Morgan fingerprint density at radius 3 is 2.47 bits per heavy atom. The molecule has 1 aromatic heterocycles. The maximum absolute atomic E-state index is 13.1. The molecule has 1 aromatic rings. The van der Waals surface area contributed by atoms with E-state index >= 15 is 0 Å². The van der Waals surface area contributed by atoms with Crippen molar-refractivity contribution in [3.8, 4) is 11.4 Å². The van der Waals surface area contributed by atoms with Gasteiger partial charge in [-0.05, 0) is 58.7 Å². The molecule has 0 saturated carbocycles. The van der Waals surface area contributed by atoms with Gasteiger partial charge < -0.3 is 9.67 Å². The molecule has 3 aliphatic heterocycles. The van der Waals surface area contributed by atoms with E-state index in [2.05, 4.69) is 35.8 Å². The standard InChI is InChI=1S/C23H30F3N5O/c1-15(2)31-17(4)19(16(3)28-31)13-29-10-7-22(32,8-11-29)14-30-9-5-6-18-12-20(23(24,25)26)27-21(18)30/h5-6,9,12,15,32H,7-8,10-11,13-14H2,1-4H3. The third-order valence-corrected chi connectivity index (χ3v) is 6.48. The van der Waals surface area contributed by atoms with E-state index in [0.29, 0.717) is 37.5 Å². The maximum Gasteiger partial charge on any atom is 0.433 e. The second kappa shape index (κ2) is 8.19. The van der Waals surface area contributed by atoms with E-state index in [1.807, 2.05) is 11.6 Å². The van der Waals surface area contributed by atoms with Gasteiger partial charge in [0.2, 0.25) is 0 Å². The summed E-state index contributed by atoms with van der Waals surface area (Å²) in [5.74, 6) is 0.253. The van der Waals surface area contributed by atoms with Crippen molar-refractivity contribution in [2.24, 2.45) is 0 Å². The molecule has 1 N–H and O–H groups in total. The number of pyridine rings is 1. The molecule has 3 aliphatic rings. The zero-order valence-electron chi connectivity index (χ0n) is 18.9. The van der Waals surface area contributed by atoms with Crippen molar-refractivity contribution in [3.05, 3.63) is 47.0 Å². The number of hydrogen-bond donors (Lipinski definition) is 1. The molecule has 32 heavy (non-hydrogen) atoms. The number of alkyl halides is 3. The first-order valence-electron chi connectivity index (χ1n) is 11.0. The highest BCUT2D eigenvalue weighted by atomic mass is 19.4. The smallest absolute Gasteiger partial charge is 0.388 e. The van der Waals surface area contributed by atoms with E-state index in [0.717, 1.165) is 18.3 Å². The van der Waals surface area contributed by atoms with Crippen molar-refractivity contribution < 1.29 is 18.3 Å². The highest BCUT2D eigenvalue weighted by Gasteiger charge is 2.37. The van der Waals surface area contributed by atoms with Gasteiger partial charge in [-0.25, -0.2) is 4.98 Å². The lowest BCUT2D eigenvalue weighted by molar-refractivity contribution is -0.140. The molecule has 174 valence electrons. The zero-order chi connectivity index (χ0) is 23.3. The number of piperidine rings is 1. The van der Waals surface area contributed by atoms with Crippen LogP contribution in [0.3, 0.4) is 0 Å². The van der Waals surface area contributed by atoms with E-state index in [-0.39, 0.29) is 12.4 Å². The summed E-state index contributed by atoms with van der Waals surface area (Å²) in [7, 11) is 0. The summed E-state index contributed by atoms with van der Waals surface area (Å²) in [5.41, 5.74) is 1.96. The second-order valence-electron chi connectivity index (χ2n) is 9.24. The topological polar surface area (TPSA) is 59.1 Å². The Kier molecular flexibility index (Phi) is 5.83. The summed E-state index contributed by atoms with van der Waals surface area (Å²) < 4.78 is 42.9. The first-order chi connectivity index (χ1) is 15.0. The van der Waals surface area contributed by atoms with Crippen LogP contribution in [-0.4, -0.2) is 48.0 Å². The van der Waals surface area contributed by atoms with Gasteiger partial charge in [0.25, 0.3) is 0 Å². The van der Waals surface area contributed by atoms with Crippen LogP contribution in [-0.2, 0) is 19.3 Å². The average Bonchev–Trinajstić information content (AvgIpc) is 3.27. The summed E-state index contributed by atoms with van der Waals surface area (Å²) >= 11 is 0. The highest BCUT2D eigenvalue weighted by Crippen LogP contribution is 2.35. The third-order valence-electron chi connectivity index (χ3n) is 6.48. The minimum atomic E-state index is -4.49. The van der Waals surface area contributed by atoms with Gasteiger partial charge in [-0.1, -0.05) is 0 Å². The maximum atomic E-state index is 13.1. The van der Waals surface area contributed by atoms with E-state index in [1.54, 1.807) is 22.9 Å². The Morgan fingerprint density at radius 1 is 1.19 bits per heavy atom. The van der Waals surface area contributed by atoms with Gasteiger partial charge >= 0.3 is 6.18 Å². The molecule has 9 heteroatoms. The molecule has 0 aliphatic carbocycles. The summed E-state index contributed by atoms with van der Waals surface area (Å²) in [6, 6.07) is 4.67. The number of likely N-dealkylation sites (tertiary alicyclic amines) is 1. The van der Waals surface area contributed by atoms with Gasteiger partial charge in [0.15, 0.2) is 0 Å². The predicted octanol–water partition coefficient (Wildman–Crippen LogP) is 4.43. The quantitative estimate of drug-likeness (QED) is 0.626. The van der Waals surface area contributed by atoms with Crippen molar-refractivity contribution in [2.75, 3.05) is 13.1 Å². The second-order valence-corrected chi connectivity index (χ2v) is 9.24. The number of rotatable bonds is 5. The monoisotopic (exact) mass is 449 g/mol. The van der Waals surface area contributed by atoms with Crippen LogP contribution < -0.4 is 0 Å². The Balaban J connectivity index is 1.45. The number of fused-ring (bicyclic) bond motifs is 1. The van der Waals surface area contributed by atoms with Crippen molar-refractivity contribution >= 4 is 0 Å². The fraction of sp³-hybridized carbons (Fsp3) is 0.565. The molecule has 0 radical (unpaired) electrons. The van der Waals surface area contributed by atoms with Crippen LogP contribution in [0.1, 0.15) is 55.4 Å². The number of halogens is 3. The van der Waals surface area contributed by atoms with Crippen molar-refractivity contribution in [2.45, 2.75) is 71.4 Å². The molecular formula is C23H30F3N5O. The normalized spacial score (nSPS) is 17.5. The molecule has 0 bridgehead atoms. The van der Waals surface area contributed by atoms with Crippen molar-refractivity contribution in [1.29, 1.82) is 0 Å². The summed E-state index contributed by atoms with van der Waals surface area (Å²) in [6.07, 6.45) is -1.72. The minimum Gasteiger partial charge on any atom is -0.388 e. The van der Waals surface area contributed by atoms with Crippen molar-refractivity contribution in [1.82, 2.24) is 24.2 Å². The SMILES string of the molecule is Cc1nn(C(C)C)c(C)c1CN1CCC(O)(Cn2cccc3cc(C(F)(F)F)nc2-3)CC1. The largest absolute Gasteiger partial charge is 0.433 e. The average molecular weight is 450 g/mol. The van der Waals surface area contributed by atoms with Gasteiger partial charge in [-0.3, -0.25) is 9.58 Å². The lowest BCUT2D eigenvalue weighted by Crippen LogP contribution is -2.46. The van der Waals surface area contributed by atoms with Crippen LogP contribution in [0.15, 0.2) is 24.4 Å². The van der Waals surface area contributed by atoms with Crippen molar-refractivity contribution in [3.63, 3.8) is 0 Å². The van der Waals surface area contributed by atoms with E-state index in [1.165, 1.54) is 11.3 Å². The fourth-order valence-electron chi connectivity index (χ4n) is 4.62. The minimum absolute atomic E-state index is 0.218. The van der Waals surface area contributed by atoms with Gasteiger partial charge in [0.05, 0.1) is 17.8 Å². The molecule has 0 aromatic carbocycles. The summed E-state index contributed by atoms with van der Waals surface area (Å²) in [4.78, 5) is 6.10. The van der Waals surface area contributed by atoms with Crippen LogP contribution in [0, 0.1) is 13.8 Å². The Labute approximate surface area is 186 Å². The van der Waals surface area contributed by atoms with Gasteiger partial charge in [-0.2, -0.15) is 18.3 Å². The zero-order valence-corrected chi connectivity index (χ0v) is 18.9. The molecule has 0 amide bonds. The highest BCUT2D eigenvalue weighted by molar-refractivity contribution is 5.59. The number of aromatic nitrogens is 4. The van der Waals surface area contributed by atoms with Gasteiger partial charge in [0, 0.05) is 48.7 Å². The van der Waals surface area contributed by atoms with Gasteiger partial charge in [0.1, 0.15) is 11.5 Å². The first kappa shape index (κ1) is 22.8. The van der Waals surface area contributed by atoms with Crippen LogP contribution in [0.25, 0.3) is 11.4 Å². The molecule has 1 saturated heterocycles. The summed E-state index contributed by atoms with van der Waals surface area (Å²) in [5, 5.41) is 15.9. The van der Waals surface area contributed by atoms with Gasteiger partial charge in [-0.15, -0.1) is 0 Å². The molecule has 0 spiro atoms. The lowest BCUT2D eigenvalue weighted by Gasteiger charge is -2.39. The van der Waals surface area contributed by atoms with E-state index in [4.69, 9.17) is 0 Å². The molecule has 0 atom stereocenters. The molecule has 0 unspecified atom stereocenters. The Bertz CT molecular complexity index is 1060. The Hall–Kier alpha value is -2.39. The molecule has 4 rings (SSSR count). The van der Waals surface area contributed by atoms with Crippen LogP contribution in [0.2, 0.25) is 0 Å².